The molecule has 0 unspecified atom stereocenters. The Balaban J connectivity index is 0.000000162. The van der Waals surface area contributed by atoms with Crippen LogP contribution in [-0.2, 0) is 22.4 Å². The monoisotopic (exact) mass is 870 g/mol. The van der Waals surface area contributed by atoms with Crippen LogP contribution in [0.15, 0.2) is 79.7 Å². The Kier molecular flexibility index (Phi) is 9.64. The predicted molar refractivity (Wildman–Crippen MR) is 193 cm³/mol. The van der Waals surface area contributed by atoms with E-state index in [0.717, 1.165) is 0 Å². The lowest BCUT2D eigenvalue weighted by Crippen LogP contribution is -2.28. The van der Waals surface area contributed by atoms with E-state index in [2.05, 4.69) is 62.9 Å². The summed E-state index contributed by atoms with van der Waals surface area (Å²) in [5.41, 5.74) is 4.42. The maximum atomic E-state index is 12.8. The average molecular weight is 873 g/mol. The molecule has 0 saturated carbocycles. The molecule has 0 bridgehead atoms. The number of pyridine rings is 2. The lowest BCUT2D eigenvalue weighted by atomic mass is 10.0. The molecule has 2 N–H and O–H groups in total. The third-order valence-corrected chi connectivity index (χ3v) is 10.9. The van der Waals surface area contributed by atoms with E-state index in [-0.39, 0.29) is 15.6 Å². The van der Waals surface area contributed by atoms with E-state index in [1.165, 1.54) is 37.2 Å². The number of carbonyl (C=O) groups is 2. The molecule has 0 spiro atoms. The number of nitrogens with zero attached hydrogens (tertiary/aromatic N) is 10. The first-order valence-electron chi connectivity index (χ1n) is 15.3. The fourth-order valence-electron chi connectivity index (χ4n) is 6.47. The maximum absolute atomic E-state index is 12.8. The summed E-state index contributed by atoms with van der Waals surface area (Å²) >= 11 is 19.2. The van der Waals surface area contributed by atoms with Crippen LogP contribution >= 0.6 is 55.1 Å². The van der Waals surface area contributed by atoms with Crippen LogP contribution in [0, 0.1) is 0 Å². The minimum Gasteiger partial charge on any atom is -0.480 e. The van der Waals surface area contributed by atoms with Gasteiger partial charge in [-0.25, -0.2) is 9.59 Å². The molecule has 6 heterocycles. The molecule has 4 aromatic heterocycles. The minimum absolute atomic E-state index is 0.269. The van der Waals surface area contributed by atoms with Crippen LogP contribution in [0.4, 0.5) is 0 Å². The van der Waals surface area contributed by atoms with Crippen LogP contribution in [0.1, 0.15) is 36.3 Å². The Bertz CT molecular complexity index is 2410. The van der Waals surface area contributed by atoms with E-state index < -0.39 is 24.0 Å². The zero-order valence-corrected chi connectivity index (χ0v) is 31.0. The van der Waals surface area contributed by atoms with E-state index in [9.17, 15) is 29.4 Å². The van der Waals surface area contributed by atoms with Gasteiger partial charge in [-0.05, 0) is 121 Å². The first-order chi connectivity index (χ1) is 24.9. The van der Waals surface area contributed by atoms with Gasteiger partial charge < -0.3 is 10.2 Å². The van der Waals surface area contributed by atoms with E-state index in [0.29, 0.717) is 85.2 Å². The largest absolute Gasteiger partial charge is 0.480 e. The maximum Gasteiger partial charge on any atom is 0.326 e. The highest BCUT2D eigenvalue weighted by atomic mass is 79.9. The molecule has 0 saturated heterocycles. The van der Waals surface area contributed by atoms with Crippen molar-refractivity contribution in [1.29, 1.82) is 0 Å². The summed E-state index contributed by atoms with van der Waals surface area (Å²) in [6, 6.07) is 11.9. The molecule has 16 nitrogen and oxygen atoms in total. The van der Waals surface area contributed by atoms with Gasteiger partial charge in [0.15, 0.2) is 0 Å². The second kappa shape index (κ2) is 14.2. The van der Waals surface area contributed by atoms with Crippen LogP contribution in [0.5, 0.6) is 0 Å². The first-order valence-corrected chi connectivity index (χ1v) is 17.7. The Hall–Kier alpha value is -5.04. The summed E-state index contributed by atoms with van der Waals surface area (Å²) in [5, 5.41) is 42.0. The zero-order chi connectivity index (χ0) is 36.8. The number of tetrazole rings is 2. The molecule has 2 aromatic carbocycles. The topological polar surface area (TPSA) is 206 Å². The van der Waals surface area contributed by atoms with Crippen molar-refractivity contribution in [3.63, 3.8) is 0 Å². The molecule has 0 fully saturated rings. The van der Waals surface area contributed by atoms with Gasteiger partial charge in [0.2, 0.25) is 0 Å². The number of carboxylic acids is 2. The Morgan fingerprint density at radius 3 is 1.73 bits per heavy atom. The summed E-state index contributed by atoms with van der Waals surface area (Å²) in [6.07, 6.45) is 4.65. The molecule has 0 amide bonds. The third-order valence-electron chi connectivity index (χ3n) is 8.76. The smallest absolute Gasteiger partial charge is 0.326 e. The fraction of sp³-hybridized carbons (Fsp3) is 0.188. The van der Waals surface area contributed by atoms with Crippen LogP contribution in [0.2, 0.25) is 10.0 Å². The number of carboxylic acid groups (broad SMARTS) is 2. The number of aryl methyl sites for hydroxylation is 1. The second-order valence-electron chi connectivity index (χ2n) is 11.7. The lowest BCUT2D eigenvalue weighted by molar-refractivity contribution is -0.141. The number of hydrogen-bond acceptors (Lipinski definition) is 10. The van der Waals surface area contributed by atoms with Gasteiger partial charge in [0.1, 0.15) is 24.7 Å². The van der Waals surface area contributed by atoms with Crippen molar-refractivity contribution in [3.05, 3.63) is 112 Å². The molecule has 2 aliphatic rings. The van der Waals surface area contributed by atoms with Gasteiger partial charge in [0.25, 0.3) is 11.1 Å². The molecular formula is C32H22Br2Cl2N10O6. The van der Waals surface area contributed by atoms with Gasteiger partial charge in [-0.3, -0.25) is 18.7 Å². The molecule has 52 heavy (non-hydrogen) atoms. The van der Waals surface area contributed by atoms with Gasteiger partial charge in [-0.2, -0.15) is 9.36 Å². The number of aliphatic carboxylic acids is 2. The molecule has 2 atom stereocenters. The normalized spacial score (nSPS) is 15.8. The van der Waals surface area contributed by atoms with E-state index >= 15 is 0 Å². The molecule has 0 aliphatic carbocycles. The zero-order valence-electron chi connectivity index (χ0n) is 26.3. The first kappa shape index (κ1) is 35.4. The summed E-state index contributed by atoms with van der Waals surface area (Å²) < 4.78 is 6.55. The van der Waals surface area contributed by atoms with Gasteiger partial charge in [-0.15, -0.1) is 10.2 Å². The highest BCUT2D eigenvalue weighted by Gasteiger charge is 2.33. The van der Waals surface area contributed by atoms with Gasteiger partial charge >= 0.3 is 11.9 Å². The summed E-state index contributed by atoms with van der Waals surface area (Å²) in [4.78, 5) is 48.3. The van der Waals surface area contributed by atoms with E-state index in [4.69, 9.17) is 23.2 Å². The summed E-state index contributed by atoms with van der Waals surface area (Å²) in [6.45, 7) is 0. The second-order valence-corrected chi connectivity index (χ2v) is 14.1. The highest BCUT2D eigenvalue weighted by Crippen LogP contribution is 2.39. The van der Waals surface area contributed by atoms with E-state index in [1.54, 1.807) is 36.4 Å². The molecule has 8 rings (SSSR count). The molecule has 264 valence electrons. The molecular weight excluding hydrogens is 851 g/mol. The SMILES string of the molecule is O=C(O)[C@@H]1CCc2c(Br)c(-c3cc(Cl)ccc3-n3cnnn3)cc(=O)n21.O=C(O)[C@@H]1CCc2cc(-c3cc(Cl)ccc3-n3cnnn3)c(Br)c(=O)n21. The number of rotatable bonds is 6. The van der Waals surface area contributed by atoms with Crippen LogP contribution in [0.25, 0.3) is 33.6 Å². The van der Waals surface area contributed by atoms with Crippen molar-refractivity contribution in [2.75, 3.05) is 0 Å². The minimum atomic E-state index is -1.01. The Labute approximate surface area is 318 Å². The summed E-state index contributed by atoms with van der Waals surface area (Å²) in [5.74, 6) is -2.02. The van der Waals surface area contributed by atoms with Gasteiger partial charge in [0.05, 0.1) is 15.8 Å². The number of halogens is 4. The molecule has 6 aromatic rings. The molecule has 20 heteroatoms. The quantitative estimate of drug-likeness (QED) is 0.228. The van der Waals surface area contributed by atoms with Crippen molar-refractivity contribution in [2.45, 2.75) is 37.8 Å². The number of aromatic nitrogens is 10. The third kappa shape index (κ3) is 6.35. The number of benzene rings is 2. The standard InChI is InChI=1S/2C16H11BrClN5O3/c17-14-11(6-9-2-4-13(16(25)26)23(9)15(14)24)10-5-8(18)1-3-12(10)22-7-19-20-21-22;17-15-10(6-14(24)23-12(15)3-4-13(23)16(25)26)9-5-8(18)1-2-11(9)22-7-19-20-21-22/h1,3,5-7,13H,2,4H2,(H,25,26);1-2,5-7,13H,3-4H2,(H,25,26)/t2*13-/m00/s1. The number of hydrogen-bond donors (Lipinski definition) is 2. The van der Waals surface area contributed by atoms with Crippen molar-refractivity contribution in [3.8, 4) is 33.6 Å². The van der Waals surface area contributed by atoms with Crippen molar-refractivity contribution < 1.29 is 19.8 Å². The highest BCUT2D eigenvalue weighted by molar-refractivity contribution is 9.11. The number of fused-ring (bicyclic) bond motifs is 2. The van der Waals surface area contributed by atoms with E-state index in [1.807, 2.05) is 6.07 Å². The Morgan fingerprint density at radius 1 is 0.692 bits per heavy atom. The van der Waals surface area contributed by atoms with Crippen LogP contribution in [0.3, 0.4) is 0 Å². The Morgan fingerprint density at radius 2 is 1.21 bits per heavy atom. The molecule has 2 aliphatic heterocycles. The fourth-order valence-corrected chi connectivity index (χ4v) is 8.06. The van der Waals surface area contributed by atoms with Gasteiger partial charge in [0, 0.05) is 54.2 Å². The average Bonchev–Trinajstić information content (AvgIpc) is 3.95. The van der Waals surface area contributed by atoms with Crippen LogP contribution in [-0.4, -0.2) is 71.7 Å². The lowest BCUT2D eigenvalue weighted by Gasteiger charge is -2.16. The summed E-state index contributed by atoms with van der Waals surface area (Å²) in [7, 11) is 0. The van der Waals surface area contributed by atoms with Crippen molar-refractivity contribution >= 4 is 67.0 Å². The van der Waals surface area contributed by atoms with Crippen LogP contribution < -0.4 is 11.1 Å². The molecule has 0 radical (unpaired) electrons. The van der Waals surface area contributed by atoms with Crippen molar-refractivity contribution in [2.24, 2.45) is 0 Å². The predicted octanol–water partition coefficient (Wildman–Crippen LogP) is 4.96. The van der Waals surface area contributed by atoms with Gasteiger partial charge in [-0.1, -0.05) is 23.2 Å². The van der Waals surface area contributed by atoms with Crippen molar-refractivity contribution in [1.82, 2.24) is 49.5 Å².